The summed E-state index contributed by atoms with van der Waals surface area (Å²) in [6, 6.07) is 21.6. The number of anilines is 1. The molecule has 8 nitrogen and oxygen atoms in total. The van der Waals surface area contributed by atoms with Gasteiger partial charge < -0.3 is 14.5 Å². The van der Waals surface area contributed by atoms with Crippen molar-refractivity contribution in [3.8, 4) is 5.75 Å². The number of hydrogen-bond acceptors (Lipinski definition) is 7. The minimum Gasteiger partial charge on any atom is -0.497 e. The number of thiazole rings is 1. The van der Waals surface area contributed by atoms with E-state index in [0.29, 0.717) is 44.8 Å². The summed E-state index contributed by atoms with van der Waals surface area (Å²) in [6.45, 7) is 4.97. The lowest BCUT2D eigenvalue weighted by atomic mass is 10.2. The van der Waals surface area contributed by atoms with Gasteiger partial charge in [0.05, 0.1) is 22.2 Å². The SMILES string of the molecule is CCN(Cc1ccccc1)S(=O)(=O)c1ccc(C(=O)N2CCN(c3nc4ccc(OC)cc4s3)CC2)cc1. The van der Waals surface area contributed by atoms with E-state index in [2.05, 4.69) is 4.90 Å². The molecule has 1 fully saturated rings. The van der Waals surface area contributed by atoms with E-state index in [1.807, 2.05) is 60.4 Å². The molecule has 10 heteroatoms. The number of ether oxygens (including phenoxy) is 1. The number of nitrogens with zero attached hydrogens (tertiary/aromatic N) is 4. The maximum atomic E-state index is 13.2. The molecule has 38 heavy (non-hydrogen) atoms. The minimum absolute atomic E-state index is 0.0979. The molecule has 3 aromatic carbocycles. The lowest BCUT2D eigenvalue weighted by Crippen LogP contribution is -2.48. The van der Waals surface area contributed by atoms with Crippen molar-refractivity contribution < 1.29 is 17.9 Å². The highest BCUT2D eigenvalue weighted by Crippen LogP contribution is 2.32. The highest BCUT2D eigenvalue weighted by Gasteiger charge is 2.26. The molecule has 1 amide bonds. The first kappa shape index (κ1) is 26.1. The zero-order valence-electron chi connectivity index (χ0n) is 21.4. The maximum Gasteiger partial charge on any atom is 0.253 e. The number of carbonyl (C=O) groups is 1. The van der Waals surface area contributed by atoms with Gasteiger partial charge in [0, 0.05) is 44.8 Å². The molecule has 1 saturated heterocycles. The predicted molar refractivity (Wildman–Crippen MR) is 150 cm³/mol. The standard InChI is InChI=1S/C28H30N4O4S2/c1-3-32(20-21-7-5-4-6-8-21)38(34,35)24-12-9-22(10-13-24)27(33)30-15-17-31(18-16-30)28-29-25-14-11-23(36-2)19-26(25)37-28/h4-14,19H,3,15-18,20H2,1-2H3. The number of rotatable bonds is 8. The zero-order valence-corrected chi connectivity index (χ0v) is 23.0. The maximum absolute atomic E-state index is 13.2. The van der Waals surface area contributed by atoms with Gasteiger partial charge in [0.2, 0.25) is 10.0 Å². The summed E-state index contributed by atoms with van der Waals surface area (Å²) in [7, 11) is -2.03. The average molecular weight is 551 g/mol. The van der Waals surface area contributed by atoms with E-state index in [1.54, 1.807) is 30.6 Å². The molecule has 1 aromatic heterocycles. The first-order valence-corrected chi connectivity index (χ1v) is 14.8. The number of aromatic nitrogens is 1. The number of sulfonamides is 1. The number of benzene rings is 3. The van der Waals surface area contributed by atoms with Crippen LogP contribution in [-0.2, 0) is 16.6 Å². The monoisotopic (exact) mass is 550 g/mol. The Kier molecular flexibility index (Phi) is 7.64. The van der Waals surface area contributed by atoms with Gasteiger partial charge in [0.25, 0.3) is 5.91 Å². The number of amides is 1. The molecule has 0 N–H and O–H groups in total. The van der Waals surface area contributed by atoms with E-state index in [0.717, 1.165) is 26.7 Å². The summed E-state index contributed by atoms with van der Waals surface area (Å²) in [5.74, 6) is 0.708. The Morgan fingerprint density at radius 2 is 1.71 bits per heavy atom. The molecule has 4 aromatic rings. The van der Waals surface area contributed by atoms with Gasteiger partial charge in [-0.1, -0.05) is 48.6 Å². The Labute approximate surface area is 227 Å². The van der Waals surface area contributed by atoms with E-state index in [1.165, 1.54) is 16.4 Å². The normalized spacial score (nSPS) is 14.3. The highest BCUT2D eigenvalue weighted by atomic mass is 32.2. The molecule has 1 aliphatic rings. The highest BCUT2D eigenvalue weighted by molar-refractivity contribution is 7.89. The van der Waals surface area contributed by atoms with Crippen LogP contribution in [0, 0.1) is 0 Å². The number of hydrogen-bond donors (Lipinski definition) is 0. The quantitative estimate of drug-likeness (QED) is 0.322. The van der Waals surface area contributed by atoms with Gasteiger partial charge in [-0.05, 0) is 48.0 Å². The van der Waals surface area contributed by atoms with E-state index in [4.69, 9.17) is 9.72 Å². The van der Waals surface area contributed by atoms with Gasteiger partial charge in [-0.2, -0.15) is 4.31 Å². The van der Waals surface area contributed by atoms with Crippen molar-refractivity contribution in [3.05, 3.63) is 83.9 Å². The van der Waals surface area contributed by atoms with Gasteiger partial charge in [0.1, 0.15) is 5.75 Å². The van der Waals surface area contributed by atoms with Crippen LogP contribution in [0.3, 0.4) is 0 Å². The number of piperazine rings is 1. The Balaban J connectivity index is 1.23. The predicted octanol–water partition coefficient (Wildman–Crippen LogP) is 4.48. The summed E-state index contributed by atoms with van der Waals surface area (Å²) >= 11 is 1.62. The molecule has 5 rings (SSSR count). The lowest BCUT2D eigenvalue weighted by molar-refractivity contribution is 0.0746. The van der Waals surface area contributed by atoms with E-state index in [-0.39, 0.29) is 10.8 Å². The molecular formula is C28H30N4O4S2. The fourth-order valence-corrected chi connectivity index (χ4v) is 6.99. The zero-order chi connectivity index (χ0) is 26.7. The van der Waals surface area contributed by atoms with Crippen LogP contribution in [0.2, 0.25) is 0 Å². The number of methoxy groups -OCH3 is 1. The van der Waals surface area contributed by atoms with Crippen molar-refractivity contribution >= 4 is 42.6 Å². The number of carbonyl (C=O) groups excluding carboxylic acids is 1. The molecule has 0 aliphatic carbocycles. The third-order valence-electron chi connectivity index (χ3n) is 6.72. The summed E-state index contributed by atoms with van der Waals surface area (Å²) in [6.07, 6.45) is 0. The third kappa shape index (κ3) is 5.38. The molecule has 0 unspecified atom stereocenters. The van der Waals surface area contributed by atoms with E-state index < -0.39 is 10.0 Å². The van der Waals surface area contributed by atoms with Crippen LogP contribution < -0.4 is 9.64 Å². The fraction of sp³-hybridized carbons (Fsp3) is 0.286. The number of fused-ring (bicyclic) bond motifs is 1. The molecule has 0 spiro atoms. The van der Waals surface area contributed by atoms with Gasteiger partial charge in [-0.3, -0.25) is 4.79 Å². The summed E-state index contributed by atoms with van der Waals surface area (Å²) in [4.78, 5) is 22.1. The topological polar surface area (TPSA) is 83.1 Å². The van der Waals surface area contributed by atoms with Gasteiger partial charge >= 0.3 is 0 Å². The van der Waals surface area contributed by atoms with E-state index >= 15 is 0 Å². The van der Waals surface area contributed by atoms with E-state index in [9.17, 15) is 13.2 Å². The fourth-order valence-electron chi connectivity index (χ4n) is 4.51. The smallest absolute Gasteiger partial charge is 0.253 e. The first-order valence-electron chi connectivity index (χ1n) is 12.5. The molecule has 0 saturated carbocycles. The first-order chi connectivity index (χ1) is 18.4. The minimum atomic E-state index is -3.68. The van der Waals surface area contributed by atoms with Crippen molar-refractivity contribution in [1.29, 1.82) is 0 Å². The Hall–Kier alpha value is -3.47. The second kappa shape index (κ2) is 11.1. The molecule has 2 heterocycles. The van der Waals surface area contributed by atoms with Crippen LogP contribution in [0.4, 0.5) is 5.13 Å². The Bertz CT molecular complexity index is 1510. The van der Waals surface area contributed by atoms with Gasteiger partial charge in [0.15, 0.2) is 5.13 Å². The van der Waals surface area contributed by atoms with Crippen LogP contribution >= 0.6 is 11.3 Å². The van der Waals surface area contributed by atoms with Gasteiger partial charge in [-0.25, -0.2) is 13.4 Å². The van der Waals surface area contributed by atoms with Crippen LogP contribution in [0.1, 0.15) is 22.8 Å². The van der Waals surface area contributed by atoms with Crippen molar-refractivity contribution in [2.75, 3.05) is 44.7 Å². The Morgan fingerprint density at radius 1 is 1.00 bits per heavy atom. The second-order valence-electron chi connectivity index (χ2n) is 9.05. The summed E-state index contributed by atoms with van der Waals surface area (Å²) < 4.78 is 34.3. The summed E-state index contributed by atoms with van der Waals surface area (Å²) in [5, 5.41) is 0.936. The van der Waals surface area contributed by atoms with Crippen molar-refractivity contribution in [3.63, 3.8) is 0 Å². The molecule has 0 atom stereocenters. The van der Waals surface area contributed by atoms with Crippen LogP contribution in [-0.4, -0.2) is 68.3 Å². The average Bonchev–Trinajstić information content (AvgIpc) is 3.39. The van der Waals surface area contributed by atoms with Crippen LogP contribution in [0.15, 0.2) is 77.7 Å². The molecule has 1 aliphatic heterocycles. The third-order valence-corrected chi connectivity index (χ3v) is 9.73. The van der Waals surface area contributed by atoms with Crippen LogP contribution in [0.5, 0.6) is 5.75 Å². The molecule has 0 radical (unpaired) electrons. The van der Waals surface area contributed by atoms with Gasteiger partial charge in [-0.15, -0.1) is 0 Å². The second-order valence-corrected chi connectivity index (χ2v) is 12.0. The van der Waals surface area contributed by atoms with Crippen LogP contribution in [0.25, 0.3) is 10.2 Å². The molecule has 198 valence electrons. The van der Waals surface area contributed by atoms with Crippen molar-refractivity contribution in [2.24, 2.45) is 0 Å². The molecular weight excluding hydrogens is 520 g/mol. The van der Waals surface area contributed by atoms with Crippen molar-refractivity contribution in [1.82, 2.24) is 14.2 Å². The largest absolute Gasteiger partial charge is 0.497 e. The van der Waals surface area contributed by atoms with Crippen molar-refractivity contribution in [2.45, 2.75) is 18.4 Å². The molecule has 0 bridgehead atoms. The lowest BCUT2D eigenvalue weighted by Gasteiger charge is -2.34. The Morgan fingerprint density at radius 3 is 2.37 bits per heavy atom. The summed E-state index contributed by atoms with van der Waals surface area (Å²) in [5.41, 5.74) is 2.34.